The summed E-state index contributed by atoms with van der Waals surface area (Å²) in [6, 6.07) is 6.60. The molecule has 0 aromatic heterocycles. The Hall–Kier alpha value is -2.57. The van der Waals surface area contributed by atoms with E-state index in [-0.39, 0.29) is 18.9 Å². The minimum absolute atomic E-state index is 0.136. The van der Waals surface area contributed by atoms with Crippen LogP contribution in [0.1, 0.15) is 12.8 Å². The molecule has 21 heavy (non-hydrogen) atoms. The molecule has 1 aliphatic rings. The Bertz CT molecular complexity index is 555. The van der Waals surface area contributed by atoms with Gasteiger partial charge in [0.15, 0.2) is 0 Å². The number of hydrogen-bond donors (Lipinski definition) is 3. The van der Waals surface area contributed by atoms with Crippen LogP contribution in [0.2, 0.25) is 0 Å². The number of hydrogen-bond acceptors (Lipinski definition) is 4. The van der Waals surface area contributed by atoms with Gasteiger partial charge in [-0.2, -0.15) is 0 Å². The lowest BCUT2D eigenvalue weighted by Gasteiger charge is -2.07. The van der Waals surface area contributed by atoms with Crippen molar-refractivity contribution in [2.75, 3.05) is 11.9 Å². The monoisotopic (exact) mass is 292 g/mol. The molecule has 1 aromatic carbocycles. The van der Waals surface area contributed by atoms with Gasteiger partial charge in [0, 0.05) is 5.69 Å². The van der Waals surface area contributed by atoms with Crippen molar-refractivity contribution in [2.45, 2.75) is 12.8 Å². The van der Waals surface area contributed by atoms with E-state index in [0.717, 1.165) is 0 Å². The van der Waals surface area contributed by atoms with Gasteiger partial charge in [0.2, 0.25) is 11.8 Å². The molecule has 112 valence electrons. The van der Waals surface area contributed by atoms with Crippen LogP contribution < -0.4 is 15.8 Å². The Labute approximate surface area is 121 Å². The first-order valence-corrected chi connectivity index (χ1v) is 6.52. The molecule has 4 N–H and O–H groups in total. The highest BCUT2D eigenvalue weighted by Crippen LogP contribution is 2.39. The second kappa shape index (κ2) is 6.25. The molecule has 7 heteroatoms. The average molecular weight is 292 g/mol. The number of carboxylic acids is 1. The molecule has 2 rings (SSSR count). The van der Waals surface area contributed by atoms with Crippen LogP contribution in [0.15, 0.2) is 24.3 Å². The number of carbonyl (C=O) groups excluding carboxylic acids is 2. The number of nitrogens with one attached hydrogen (secondary N) is 1. The molecule has 2 unspecified atom stereocenters. The minimum atomic E-state index is -0.937. The summed E-state index contributed by atoms with van der Waals surface area (Å²) in [7, 11) is 0. The normalized spacial score (nSPS) is 19.6. The molecule has 0 spiro atoms. The first-order chi connectivity index (χ1) is 9.97. The Morgan fingerprint density at radius 2 is 1.90 bits per heavy atom. The van der Waals surface area contributed by atoms with Gasteiger partial charge < -0.3 is 20.9 Å². The maximum absolute atomic E-state index is 11.8. The predicted molar refractivity (Wildman–Crippen MR) is 73.6 cm³/mol. The molecule has 7 nitrogen and oxygen atoms in total. The average Bonchev–Trinajstić information content (AvgIpc) is 3.21. The van der Waals surface area contributed by atoms with Gasteiger partial charge in [-0.3, -0.25) is 14.4 Å². The molecule has 1 aliphatic carbocycles. The van der Waals surface area contributed by atoms with Crippen molar-refractivity contribution in [3.8, 4) is 5.75 Å². The van der Waals surface area contributed by atoms with E-state index in [2.05, 4.69) is 5.32 Å². The van der Waals surface area contributed by atoms with Gasteiger partial charge in [0.25, 0.3) is 0 Å². The quantitative estimate of drug-likeness (QED) is 0.680. The smallest absolute Gasteiger partial charge is 0.307 e. The molecule has 1 aromatic rings. The molecule has 0 heterocycles. The van der Waals surface area contributed by atoms with Crippen LogP contribution in [-0.2, 0) is 14.4 Å². The second-order valence-electron chi connectivity index (χ2n) is 4.87. The summed E-state index contributed by atoms with van der Waals surface area (Å²) in [5, 5.41) is 11.4. The summed E-state index contributed by atoms with van der Waals surface area (Å²) < 4.78 is 5.29. The lowest BCUT2D eigenvalue weighted by Crippen LogP contribution is -2.16. The van der Waals surface area contributed by atoms with E-state index in [0.29, 0.717) is 17.9 Å². The fourth-order valence-corrected chi connectivity index (χ4v) is 1.90. The van der Waals surface area contributed by atoms with Gasteiger partial charge in [0.1, 0.15) is 5.75 Å². The summed E-state index contributed by atoms with van der Waals surface area (Å²) in [4.78, 5) is 33.0. The number of primary amides is 1. The summed E-state index contributed by atoms with van der Waals surface area (Å²) in [6.07, 6.45) is 0.520. The first kappa shape index (κ1) is 14.8. The number of ether oxygens (including phenoxy) is 1. The van der Waals surface area contributed by atoms with E-state index < -0.39 is 23.7 Å². The molecule has 0 bridgehead atoms. The third-order valence-corrected chi connectivity index (χ3v) is 3.18. The number of carboxylic acid groups (broad SMARTS) is 1. The summed E-state index contributed by atoms with van der Waals surface area (Å²) >= 11 is 0. The molecular formula is C14H16N2O5. The van der Waals surface area contributed by atoms with Gasteiger partial charge >= 0.3 is 5.97 Å². The molecule has 0 radical (unpaired) electrons. The van der Waals surface area contributed by atoms with Crippen molar-refractivity contribution in [1.82, 2.24) is 0 Å². The highest BCUT2D eigenvalue weighted by atomic mass is 16.5. The van der Waals surface area contributed by atoms with Gasteiger partial charge in [-0.25, -0.2) is 0 Å². The van der Waals surface area contributed by atoms with Gasteiger partial charge in [-0.05, 0) is 30.7 Å². The maximum Gasteiger partial charge on any atom is 0.307 e. The third kappa shape index (κ3) is 4.20. The van der Waals surface area contributed by atoms with Crippen molar-refractivity contribution >= 4 is 23.5 Å². The SMILES string of the molecule is NC(=O)CCOc1ccc(NC(=O)C2CC2C(=O)O)cc1. The minimum Gasteiger partial charge on any atom is -0.493 e. The number of aliphatic carboxylic acids is 1. The summed E-state index contributed by atoms with van der Waals surface area (Å²) in [5.74, 6) is -2.12. The van der Waals surface area contributed by atoms with Crippen LogP contribution in [-0.4, -0.2) is 29.5 Å². The van der Waals surface area contributed by atoms with Gasteiger partial charge in [0.05, 0.1) is 24.9 Å². The Balaban J connectivity index is 1.81. The van der Waals surface area contributed by atoms with Crippen LogP contribution in [0.25, 0.3) is 0 Å². The second-order valence-corrected chi connectivity index (χ2v) is 4.87. The Morgan fingerprint density at radius 3 is 2.43 bits per heavy atom. The molecule has 0 aliphatic heterocycles. The van der Waals surface area contributed by atoms with Crippen molar-refractivity contribution in [1.29, 1.82) is 0 Å². The zero-order valence-corrected chi connectivity index (χ0v) is 11.2. The number of amides is 2. The van der Waals surface area contributed by atoms with E-state index in [4.69, 9.17) is 15.6 Å². The third-order valence-electron chi connectivity index (χ3n) is 3.18. The van der Waals surface area contributed by atoms with Gasteiger partial charge in [-0.1, -0.05) is 0 Å². The van der Waals surface area contributed by atoms with E-state index in [9.17, 15) is 14.4 Å². The van der Waals surface area contributed by atoms with Crippen molar-refractivity contribution in [3.63, 3.8) is 0 Å². The van der Waals surface area contributed by atoms with E-state index >= 15 is 0 Å². The van der Waals surface area contributed by atoms with Crippen molar-refractivity contribution in [2.24, 2.45) is 17.6 Å². The summed E-state index contributed by atoms with van der Waals surface area (Å²) in [5.41, 5.74) is 5.56. The van der Waals surface area contributed by atoms with Crippen LogP contribution in [0.5, 0.6) is 5.75 Å². The fraction of sp³-hybridized carbons (Fsp3) is 0.357. The highest BCUT2D eigenvalue weighted by molar-refractivity contribution is 5.98. The van der Waals surface area contributed by atoms with E-state index in [1.165, 1.54) is 0 Å². The zero-order valence-electron chi connectivity index (χ0n) is 11.2. The molecule has 1 fully saturated rings. The molecule has 2 atom stereocenters. The number of rotatable bonds is 7. The zero-order chi connectivity index (χ0) is 15.4. The first-order valence-electron chi connectivity index (χ1n) is 6.52. The number of benzene rings is 1. The number of nitrogens with two attached hydrogens (primary N) is 1. The lowest BCUT2D eigenvalue weighted by atomic mass is 10.2. The molecule has 0 saturated heterocycles. The largest absolute Gasteiger partial charge is 0.493 e. The topological polar surface area (TPSA) is 119 Å². The Morgan fingerprint density at radius 1 is 1.24 bits per heavy atom. The molecule has 2 amide bonds. The van der Waals surface area contributed by atoms with E-state index in [1.54, 1.807) is 24.3 Å². The van der Waals surface area contributed by atoms with Crippen molar-refractivity contribution in [3.05, 3.63) is 24.3 Å². The number of anilines is 1. The highest BCUT2D eigenvalue weighted by Gasteiger charge is 2.48. The van der Waals surface area contributed by atoms with Gasteiger partial charge in [-0.15, -0.1) is 0 Å². The maximum atomic E-state index is 11.8. The Kier molecular flexibility index (Phi) is 4.42. The van der Waals surface area contributed by atoms with E-state index in [1.807, 2.05) is 0 Å². The van der Waals surface area contributed by atoms with Crippen LogP contribution in [0, 0.1) is 11.8 Å². The van der Waals surface area contributed by atoms with Crippen LogP contribution >= 0.6 is 0 Å². The molecular weight excluding hydrogens is 276 g/mol. The van der Waals surface area contributed by atoms with Crippen molar-refractivity contribution < 1.29 is 24.2 Å². The number of carbonyl (C=O) groups is 3. The standard InChI is InChI=1S/C14H16N2O5/c15-12(17)5-6-21-9-3-1-8(2-4-9)16-13(18)10-7-11(10)14(19)20/h1-4,10-11H,5-7H2,(H2,15,17)(H,16,18)(H,19,20). The van der Waals surface area contributed by atoms with Crippen LogP contribution in [0.3, 0.4) is 0 Å². The predicted octanol–water partition coefficient (Wildman–Crippen LogP) is 0.600. The fourth-order valence-electron chi connectivity index (χ4n) is 1.90. The summed E-state index contributed by atoms with van der Waals surface area (Å²) in [6.45, 7) is 0.198. The lowest BCUT2D eigenvalue weighted by molar-refractivity contribution is -0.139. The van der Waals surface area contributed by atoms with Crippen LogP contribution in [0.4, 0.5) is 5.69 Å². The molecule has 1 saturated carbocycles.